The van der Waals surface area contributed by atoms with Crippen molar-refractivity contribution >= 4 is 44.9 Å². The number of amides is 1. The highest BCUT2D eigenvalue weighted by Gasteiger charge is 2.08. The quantitative estimate of drug-likeness (QED) is 0.645. The van der Waals surface area contributed by atoms with E-state index in [9.17, 15) is 4.79 Å². The van der Waals surface area contributed by atoms with Crippen molar-refractivity contribution in [1.82, 2.24) is 5.32 Å². The van der Waals surface area contributed by atoms with E-state index < -0.39 is 0 Å². The Hall–Kier alpha value is -1.92. The minimum absolute atomic E-state index is 0.251. The van der Waals surface area contributed by atoms with Crippen LogP contribution >= 0.6 is 28.1 Å². The molecule has 0 aromatic heterocycles. The van der Waals surface area contributed by atoms with Crippen LogP contribution in [0.1, 0.15) is 30.6 Å². The molecule has 0 unspecified atom stereocenters. The Kier molecular flexibility index (Phi) is 7.40. The van der Waals surface area contributed by atoms with Gasteiger partial charge in [-0.15, -0.1) is 0 Å². The van der Waals surface area contributed by atoms with Crippen LogP contribution in [0.2, 0.25) is 0 Å². The van der Waals surface area contributed by atoms with Gasteiger partial charge >= 0.3 is 0 Å². The second-order valence-electron chi connectivity index (χ2n) is 5.97. The molecule has 4 nitrogen and oxygen atoms in total. The summed E-state index contributed by atoms with van der Waals surface area (Å²) in [5.74, 6) is 1.18. The van der Waals surface area contributed by atoms with Crippen molar-refractivity contribution < 1.29 is 9.53 Å². The van der Waals surface area contributed by atoms with Gasteiger partial charge in [-0.25, -0.2) is 0 Å². The van der Waals surface area contributed by atoms with Crippen molar-refractivity contribution in [2.24, 2.45) is 5.92 Å². The molecule has 0 aliphatic rings. The van der Waals surface area contributed by atoms with Crippen molar-refractivity contribution in [2.45, 2.75) is 20.3 Å². The summed E-state index contributed by atoms with van der Waals surface area (Å²) in [6, 6.07) is 14.6. The Morgan fingerprint density at radius 3 is 2.36 bits per heavy atom. The molecule has 0 aliphatic heterocycles. The maximum atomic E-state index is 12.1. The van der Waals surface area contributed by atoms with Crippen molar-refractivity contribution in [3.63, 3.8) is 0 Å². The molecule has 0 saturated carbocycles. The van der Waals surface area contributed by atoms with Crippen LogP contribution in [0, 0.1) is 5.92 Å². The van der Waals surface area contributed by atoms with E-state index >= 15 is 0 Å². The normalized spacial score (nSPS) is 10.4. The lowest BCUT2D eigenvalue weighted by Crippen LogP contribution is -2.34. The first-order chi connectivity index (χ1) is 11.9. The number of halogens is 1. The van der Waals surface area contributed by atoms with Gasteiger partial charge < -0.3 is 10.1 Å². The predicted molar refractivity (Wildman–Crippen MR) is 109 cm³/mol. The molecule has 25 heavy (non-hydrogen) atoms. The van der Waals surface area contributed by atoms with Crippen LogP contribution in [0.3, 0.4) is 0 Å². The molecule has 2 aromatic rings. The highest BCUT2D eigenvalue weighted by molar-refractivity contribution is 9.10. The van der Waals surface area contributed by atoms with Crippen LogP contribution in [-0.4, -0.2) is 17.6 Å². The van der Waals surface area contributed by atoms with Gasteiger partial charge in [0.1, 0.15) is 5.75 Å². The van der Waals surface area contributed by atoms with Crippen LogP contribution in [0.4, 0.5) is 5.69 Å². The number of anilines is 1. The van der Waals surface area contributed by atoms with E-state index in [1.807, 2.05) is 36.4 Å². The number of hydrogen-bond donors (Lipinski definition) is 2. The predicted octanol–water partition coefficient (Wildman–Crippen LogP) is 5.00. The molecule has 6 heteroatoms. The zero-order valence-electron chi connectivity index (χ0n) is 14.2. The Bertz CT molecular complexity index is 715. The maximum Gasteiger partial charge on any atom is 0.257 e. The number of benzene rings is 2. The Labute approximate surface area is 162 Å². The molecule has 0 spiro atoms. The van der Waals surface area contributed by atoms with E-state index in [0.29, 0.717) is 18.1 Å². The van der Waals surface area contributed by atoms with Crippen LogP contribution in [0.5, 0.6) is 5.75 Å². The number of hydrogen-bond acceptors (Lipinski definition) is 3. The van der Waals surface area contributed by atoms with E-state index in [-0.39, 0.29) is 11.0 Å². The summed E-state index contributed by atoms with van der Waals surface area (Å²) in [5.41, 5.74) is 1.33. The highest BCUT2D eigenvalue weighted by atomic mass is 79.9. The fourth-order valence-corrected chi connectivity index (χ4v) is 2.46. The first-order valence-corrected chi connectivity index (χ1v) is 9.25. The number of carbonyl (C=O) groups excluding carboxylic acids is 1. The summed E-state index contributed by atoms with van der Waals surface area (Å²) in [5, 5.41) is 5.90. The molecular weight excluding hydrogens is 400 g/mol. The zero-order chi connectivity index (χ0) is 18.2. The molecule has 0 fully saturated rings. The molecule has 2 N–H and O–H groups in total. The highest BCUT2D eigenvalue weighted by Crippen LogP contribution is 2.16. The molecule has 0 saturated heterocycles. The van der Waals surface area contributed by atoms with Crippen LogP contribution < -0.4 is 15.4 Å². The molecule has 2 aromatic carbocycles. The van der Waals surface area contributed by atoms with Gasteiger partial charge in [0.2, 0.25) is 0 Å². The van der Waals surface area contributed by atoms with Gasteiger partial charge in [0.15, 0.2) is 5.11 Å². The summed E-state index contributed by atoms with van der Waals surface area (Å²) in [6.07, 6.45) is 1.02. The minimum atomic E-state index is -0.251. The van der Waals surface area contributed by atoms with E-state index in [0.717, 1.165) is 22.3 Å². The third-order valence-corrected chi connectivity index (χ3v) is 4.14. The van der Waals surface area contributed by atoms with Crippen molar-refractivity contribution in [3.8, 4) is 5.75 Å². The lowest BCUT2D eigenvalue weighted by Gasteiger charge is -2.11. The van der Waals surface area contributed by atoms with Gasteiger partial charge in [-0.05, 0) is 73.1 Å². The first kappa shape index (κ1) is 19.4. The second-order valence-corrected chi connectivity index (χ2v) is 7.29. The molecule has 0 bridgehead atoms. The molecule has 0 atom stereocenters. The number of thiocarbonyl (C=S) groups is 1. The van der Waals surface area contributed by atoms with Gasteiger partial charge in [-0.1, -0.05) is 29.8 Å². The van der Waals surface area contributed by atoms with Crippen molar-refractivity contribution in [3.05, 3.63) is 58.6 Å². The van der Waals surface area contributed by atoms with Gasteiger partial charge in [-0.2, -0.15) is 0 Å². The van der Waals surface area contributed by atoms with E-state index in [1.165, 1.54) is 0 Å². The van der Waals surface area contributed by atoms with Gasteiger partial charge in [0.25, 0.3) is 5.91 Å². The monoisotopic (exact) mass is 420 g/mol. The lowest BCUT2D eigenvalue weighted by molar-refractivity contribution is 0.0977. The van der Waals surface area contributed by atoms with Gasteiger partial charge in [0, 0.05) is 15.7 Å². The summed E-state index contributed by atoms with van der Waals surface area (Å²) in [6.45, 7) is 5.03. The largest absolute Gasteiger partial charge is 0.494 e. The molecule has 2 rings (SSSR count). The smallest absolute Gasteiger partial charge is 0.257 e. The average molecular weight is 421 g/mol. The van der Waals surface area contributed by atoms with E-state index in [4.69, 9.17) is 17.0 Å². The van der Waals surface area contributed by atoms with Crippen molar-refractivity contribution in [1.29, 1.82) is 0 Å². The summed E-state index contributed by atoms with van der Waals surface area (Å²) in [7, 11) is 0. The second kappa shape index (κ2) is 9.53. The minimum Gasteiger partial charge on any atom is -0.494 e. The molecule has 0 heterocycles. The van der Waals surface area contributed by atoms with Crippen LogP contribution in [-0.2, 0) is 0 Å². The molecule has 0 radical (unpaired) electrons. The Morgan fingerprint density at radius 1 is 1.12 bits per heavy atom. The third kappa shape index (κ3) is 6.84. The third-order valence-electron chi connectivity index (χ3n) is 3.41. The number of carbonyl (C=O) groups is 1. The molecular formula is C19H21BrN2O2S. The van der Waals surface area contributed by atoms with Crippen LogP contribution in [0.15, 0.2) is 53.0 Å². The Morgan fingerprint density at radius 2 is 1.76 bits per heavy atom. The SMILES string of the molecule is CC(C)CCOc1ccc(NC(=S)NC(=O)c2ccc(Br)cc2)cc1. The molecule has 1 amide bonds. The fraction of sp³-hybridized carbons (Fsp3) is 0.263. The van der Waals surface area contributed by atoms with Gasteiger partial charge in [-0.3, -0.25) is 10.1 Å². The number of ether oxygens (including phenoxy) is 1. The number of rotatable bonds is 6. The van der Waals surface area contributed by atoms with Crippen molar-refractivity contribution in [2.75, 3.05) is 11.9 Å². The van der Waals surface area contributed by atoms with E-state index in [2.05, 4.69) is 40.4 Å². The average Bonchev–Trinajstić information content (AvgIpc) is 2.56. The topological polar surface area (TPSA) is 50.4 Å². The van der Waals surface area contributed by atoms with Gasteiger partial charge in [0.05, 0.1) is 6.61 Å². The lowest BCUT2D eigenvalue weighted by atomic mass is 10.1. The van der Waals surface area contributed by atoms with E-state index in [1.54, 1.807) is 12.1 Å². The number of nitrogens with one attached hydrogen (secondary N) is 2. The zero-order valence-corrected chi connectivity index (χ0v) is 16.6. The summed E-state index contributed by atoms with van der Waals surface area (Å²) < 4.78 is 6.59. The standard InChI is InChI=1S/C19H21BrN2O2S/c1-13(2)11-12-24-17-9-7-16(8-10-17)21-19(25)22-18(23)14-3-5-15(20)6-4-14/h3-10,13H,11-12H2,1-2H3,(H2,21,22,23,25). The maximum absolute atomic E-state index is 12.1. The summed E-state index contributed by atoms with van der Waals surface area (Å²) in [4.78, 5) is 12.1. The summed E-state index contributed by atoms with van der Waals surface area (Å²) >= 11 is 8.52. The van der Waals surface area contributed by atoms with Crippen LogP contribution in [0.25, 0.3) is 0 Å². The molecule has 132 valence electrons. The Balaban J connectivity index is 1.83. The first-order valence-electron chi connectivity index (χ1n) is 8.05. The fourth-order valence-electron chi connectivity index (χ4n) is 1.99. The molecule has 0 aliphatic carbocycles.